The van der Waals surface area contributed by atoms with E-state index >= 15 is 0 Å². The maximum atomic E-state index is 6.46. The highest BCUT2D eigenvalue weighted by Gasteiger charge is 2.22. The average Bonchev–Trinajstić information content (AvgIpc) is 2.40. The molecule has 1 aromatic carbocycles. The molecule has 17 heavy (non-hydrogen) atoms. The number of methoxy groups -OCH3 is 1. The zero-order valence-electron chi connectivity index (χ0n) is 10.2. The molecule has 1 aromatic rings. The lowest BCUT2D eigenvalue weighted by Crippen LogP contribution is -2.27. The molecule has 94 valence electrons. The fourth-order valence-corrected chi connectivity index (χ4v) is 2.58. The largest absolute Gasteiger partial charge is 0.497 e. The lowest BCUT2D eigenvalue weighted by Gasteiger charge is -2.26. The summed E-state index contributed by atoms with van der Waals surface area (Å²) >= 11 is 6.46. The van der Waals surface area contributed by atoms with Gasteiger partial charge < -0.3 is 9.47 Å². The van der Waals surface area contributed by atoms with Gasteiger partial charge in [0.25, 0.3) is 0 Å². The van der Waals surface area contributed by atoms with Gasteiger partial charge in [-0.3, -0.25) is 0 Å². The van der Waals surface area contributed by atoms with Gasteiger partial charge in [0.05, 0.1) is 13.7 Å². The van der Waals surface area contributed by atoms with Crippen molar-refractivity contribution in [1.29, 1.82) is 0 Å². The van der Waals surface area contributed by atoms with Gasteiger partial charge in [-0.25, -0.2) is 0 Å². The van der Waals surface area contributed by atoms with Crippen molar-refractivity contribution in [3.05, 3.63) is 29.8 Å². The van der Waals surface area contributed by atoms with E-state index in [9.17, 15) is 0 Å². The van der Waals surface area contributed by atoms with Crippen molar-refractivity contribution < 1.29 is 9.47 Å². The molecule has 2 unspecified atom stereocenters. The first-order valence-corrected chi connectivity index (χ1v) is 6.58. The maximum Gasteiger partial charge on any atom is 0.118 e. The van der Waals surface area contributed by atoms with Gasteiger partial charge in [-0.1, -0.05) is 12.1 Å². The Bertz CT molecular complexity index is 331. The Morgan fingerprint density at radius 2 is 2.18 bits per heavy atom. The zero-order valence-corrected chi connectivity index (χ0v) is 11.0. The minimum atomic E-state index is 0.170. The lowest BCUT2D eigenvalue weighted by molar-refractivity contribution is 0.0533. The second-order valence-corrected chi connectivity index (χ2v) is 5.11. The average molecular weight is 255 g/mol. The van der Waals surface area contributed by atoms with Crippen LogP contribution in [0.15, 0.2) is 24.3 Å². The molecule has 3 heteroatoms. The van der Waals surface area contributed by atoms with E-state index in [0.29, 0.717) is 5.92 Å². The van der Waals surface area contributed by atoms with E-state index < -0.39 is 0 Å². The second-order valence-electron chi connectivity index (χ2n) is 4.55. The summed E-state index contributed by atoms with van der Waals surface area (Å²) in [7, 11) is 1.68. The minimum absolute atomic E-state index is 0.170. The second kappa shape index (κ2) is 6.27. The fraction of sp³-hybridized carbons (Fsp3) is 0.571. The third-order valence-electron chi connectivity index (χ3n) is 3.30. The van der Waals surface area contributed by atoms with E-state index in [1.54, 1.807) is 7.11 Å². The van der Waals surface area contributed by atoms with E-state index in [1.165, 1.54) is 12.0 Å². The summed E-state index contributed by atoms with van der Waals surface area (Å²) in [4.78, 5) is 0. The number of ether oxygens (including phenoxy) is 2. The predicted molar refractivity (Wildman–Crippen MR) is 69.9 cm³/mol. The summed E-state index contributed by atoms with van der Waals surface area (Å²) < 4.78 is 10.6. The van der Waals surface area contributed by atoms with Crippen LogP contribution < -0.4 is 4.74 Å². The van der Waals surface area contributed by atoms with E-state index in [1.807, 2.05) is 12.1 Å². The van der Waals surface area contributed by atoms with Crippen LogP contribution in [0, 0.1) is 5.92 Å². The molecule has 0 radical (unpaired) electrons. The van der Waals surface area contributed by atoms with Crippen molar-refractivity contribution >= 4 is 11.6 Å². The first-order chi connectivity index (χ1) is 8.29. The van der Waals surface area contributed by atoms with Crippen molar-refractivity contribution in [1.82, 2.24) is 0 Å². The van der Waals surface area contributed by atoms with Gasteiger partial charge in [0.1, 0.15) is 5.75 Å². The molecule has 0 spiro atoms. The minimum Gasteiger partial charge on any atom is -0.497 e. The molecule has 1 fully saturated rings. The number of halogens is 1. The standard InChI is InChI=1S/C14H19ClO2/c1-16-13-6-4-11(5-7-13)9-14(15)12-3-2-8-17-10-12/h4-7,12,14H,2-3,8-10H2,1H3. The Kier molecular flexibility index (Phi) is 4.69. The summed E-state index contributed by atoms with van der Waals surface area (Å²) in [5.41, 5.74) is 1.26. The van der Waals surface area contributed by atoms with Crippen LogP contribution in [0.2, 0.25) is 0 Å². The van der Waals surface area contributed by atoms with Crippen LogP contribution in [0.3, 0.4) is 0 Å². The Balaban J connectivity index is 1.89. The molecule has 0 aliphatic carbocycles. The van der Waals surface area contributed by atoms with Crippen molar-refractivity contribution in [3.63, 3.8) is 0 Å². The Morgan fingerprint density at radius 1 is 1.41 bits per heavy atom. The zero-order chi connectivity index (χ0) is 12.1. The summed E-state index contributed by atoms with van der Waals surface area (Å²) in [6.45, 7) is 1.70. The molecule has 1 aliphatic rings. The summed E-state index contributed by atoms with van der Waals surface area (Å²) in [6.07, 6.45) is 3.22. The molecule has 1 aliphatic heterocycles. The monoisotopic (exact) mass is 254 g/mol. The fourth-order valence-electron chi connectivity index (χ4n) is 2.20. The first-order valence-electron chi connectivity index (χ1n) is 6.14. The maximum absolute atomic E-state index is 6.46. The molecule has 0 aromatic heterocycles. The van der Waals surface area contributed by atoms with Crippen molar-refractivity contribution in [2.45, 2.75) is 24.6 Å². The van der Waals surface area contributed by atoms with Gasteiger partial charge in [-0.2, -0.15) is 0 Å². The molecule has 0 bridgehead atoms. The molecular formula is C14H19ClO2. The number of benzene rings is 1. The van der Waals surface area contributed by atoms with Gasteiger partial charge in [0.15, 0.2) is 0 Å². The quantitative estimate of drug-likeness (QED) is 0.768. The molecule has 2 rings (SSSR count). The highest BCUT2D eigenvalue weighted by molar-refractivity contribution is 6.20. The van der Waals surface area contributed by atoms with Crippen molar-refractivity contribution in [2.75, 3.05) is 20.3 Å². The lowest BCUT2D eigenvalue weighted by atomic mass is 9.94. The number of hydrogen-bond acceptors (Lipinski definition) is 2. The molecule has 0 N–H and O–H groups in total. The normalized spacial score (nSPS) is 22.1. The van der Waals surface area contributed by atoms with Gasteiger partial charge in [0.2, 0.25) is 0 Å². The number of rotatable bonds is 4. The van der Waals surface area contributed by atoms with Crippen molar-refractivity contribution in [3.8, 4) is 5.75 Å². The highest BCUT2D eigenvalue weighted by Crippen LogP contribution is 2.25. The molecule has 1 saturated heterocycles. The van der Waals surface area contributed by atoms with Gasteiger partial charge >= 0.3 is 0 Å². The smallest absolute Gasteiger partial charge is 0.118 e. The van der Waals surface area contributed by atoms with Crippen LogP contribution in [0.4, 0.5) is 0 Å². The highest BCUT2D eigenvalue weighted by atomic mass is 35.5. The molecule has 1 heterocycles. The molecule has 0 saturated carbocycles. The molecule has 2 atom stereocenters. The van der Waals surface area contributed by atoms with Crippen LogP contribution >= 0.6 is 11.6 Å². The van der Waals surface area contributed by atoms with Crippen LogP contribution in [-0.4, -0.2) is 25.7 Å². The number of alkyl halides is 1. The first kappa shape index (κ1) is 12.7. The number of hydrogen-bond donors (Lipinski definition) is 0. The SMILES string of the molecule is COc1ccc(CC(Cl)C2CCCOC2)cc1. The topological polar surface area (TPSA) is 18.5 Å². The Hall–Kier alpha value is -0.730. The van der Waals surface area contributed by atoms with Crippen LogP contribution in [0.1, 0.15) is 18.4 Å². The molecule has 0 amide bonds. The summed E-state index contributed by atoms with van der Waals surface area (Å²) in [6, 6.07) is 8.13. The summed E-state index contributed by atoms with van der Waals surface area (Å²) in [5, 5.41) is 0.170. The third kappa shape index (κ3) is 3.62. The van der Waals surface area contributed by atoms with Gasteiger partial charge in [-0.05, 0) is 42.9 Å². The Morgan fingerprint density at radius 3 is 2.76 bits per heavy atom. The third-order valence-corrected chi connectivity index (χ3v) is 3.81. The predicted octanol–water partition coefficient (Wildman–Crippen LogP) is 3.27. The van der Waals surface area contributed by atoms with E-state index in [-0.39, 0.29) is 5.38 Å². The molecule has 2 nitrogen and oxygen atoms in total. The van der Waals surface area contributed by atoms with Gasteiger partial charge in [0, 0.05) is 12.0 Å². The van der Waals surface area contributed by atoms with Crippen molar-refractivity contribution in [2.24, 2.45) is 5.92 Å². The van der Waals surface area contributed by atoms with E-state index in [2.05, 4.69) is 12.1 Å². The Labute approximate surface area is 108 Å². The van der Waals surface area contributed by atoms with Gasteiger partial charge in [-0.15, -0.1) is 11.6 Å². The van der Waals surface area contributed by atoms with Crippen LogP contribution in [0.5, 0.6) is 5.75 Å². The van der Waals surface area contributed by atoms with Crippen LogP contribution in [0.25, 0.3) is 0 Å². The summed E-state index contributed by atoms with van der Waals surface area (Å²) in [5.74, 6) is 1.38. The molecular weight excluding hydrogens is 236 g/mol. The van der Waals surface area contributed by atoms with E-state index in [0.717, 1.165) is 31.8 Å². The van der Waals surface area contributed by atoms with Crippen LogP contribution in [-0.2, 0) is 11.2 Å². The van der Waals surface area contributed by atoms with E-state index in [4.69, 9.17) is 21.1 Å².